The summed E-state index contributed by atoms with van der Waals surface area (Å²) in [7, 11) is 0. The average Bonchev–Trinajstić information content (AvgIpc) is 2.60. The fourth-order valence-electron chi connectivity index (χ4n) is 2.92. The molecule has 0 unspecified atom stereocenters. The molecule has 0 aliphatic carbocycles. The van der Waals surface area contributed by atoms with Crippen LogP contribution in [0.15, 0.2) is 42.9 Å². The molecule has 0 radical (unpaired) electrons. The maximum absolute atomic E-state index is 11.7. The van der Waals surface area contributed by atoms with Crippen molar-refractivity contribution in [1.29, 1.82) is 0 Å². The Morgan fingerprint density at radius 2 is 2.04 bits per heavy atom. The minimum atomic E-state index is -0.503. The summed E-state index contributed by atoms with van der Waals surface area (Å²) in [4.78, 5) is 25.0. The summed E-state index contributed by atoms with van der Waals surface area (Å²) in [6.45, 7) is 6.13. The van der Waals surface area contributed by atoms with Crippen LogP contribution >= 0.6 is 0 Å². The van der Waals surface area contributed by atoms with Crippen molar-refractivity contribution in [2.24, 2.45) is 11.7 Å². The molecule has 0 aliphatic rings. The number of aromatic nitrogens is 3. The second kappa shape index (κ2) is 7.47. The standard InChI is InChI=1S/C20H23N5O/c1-12(2)7-17(19(21)26)24-20-23-10-15-9-22-11-16(18(15)25-20)14-6-4-5-13(3)8-14/h4-6,8-12,17H,7H2,1-3H3,(H2,21,26)(H,23,24,25)/t17-/m1/s1. The number of nitrogens with zero attached hydrogens (tertiary/aromatic N) is 3. The molecule has 2 aromatic heterocycles. The highest BCUT2D eigenvalue weighted by Gasteiger charge is 2.18. The summed E-state index contributed by atoms with van der Waals surface area (Å²) >= 11 is 0. The summed E-state index contributed by atoms with van der Waals surface area (Å²) in [6, 6.07) is 7.68. The maximum atomic E-state index is 11.7. The van der Waals surface area contributed by atoms with Gasteiger partial charge in [0.15, 0.2) is 0 Å². The minimum absolute atomic E-state index is 0.326. The highest BCUT2D eigenvalue weighted by atomic mass is 16.1. The summed E-state index contributed by atoms with van der Waals surface area (Å²) in [5, 5.41) is 3.92. The van der Waals surface area contributed by atoms with Gasteiger partial charge in [-0.2, -0.15) is 0 Å². The van der Waals surface area contributed by atoms with Crippen LogP contribution in [-0.4, -0.2) is 26.9 Å². The lowest BCUT2D eigenvalue weighted by Crippen LogP contribution is -2.37. The van der Waals surface area contributed by atoms with Gasteiger partial charge >= 0.3 is 0 Å². The van der Waals surface area contributed by atoms with Gasteiger partial charge in [0.05, 0.1) is 5.52 Å². The topological polar surface area (TPSA) is 93.8 Å². The van der Waals surface area contributed by atoms with Crippen LogP contribution in [0.25, 0.3) is 22.0 Å². The van der Waals surface area contributed by atoms with E-state index in [0.717, 1.165) is 27.6 Å². The van der Waals surface area contributed by atoms with Crippen LogP contribution in [-0.2, 0) is 4.79 Å². The van der Waals surface area contributed by atoms with Gasteiger partial charge < -0.3 is 11.1 Å². The van der Waals surface area contributed by atoms with E-state index in [1.807, 2.05) is 39.0 Å². The molecule has 3 rings (SSSR count). The first kappa shape index (κ1) is 17.8. The first-order chi connectivity index (χ1) is 12.4. The number of carbonyl (C=O) groups is 1. The number of benzene rings is 1. The van der Waals surface area contributed by atoms with E-state index in [0.29, 0.717) is 18.3 Å². The molecule has 1 atom stereocenters. The normalized spacial score (nSPS) is 12.3. The Bertz CT molecular complexity index is 938. The Morgan fingerprint density at radius 1 is 1.23 bits per heavy atom. The second-order valence-corrected chi connectivity index (χ2v) is 6.92. The molecular formula is C20H23N5O. The van der Waals surface area contributed by atoms with E-state index in [1.165, 1.54) is 0 Å². The van der Waals surface area contributed by atoms with Gasteiger partial charge in [-0.15, -0.1) is 0 Å². The zero-order chi connectivity index (χ0) is 18.7. The number of nitrogens with one attached hydrogen (secondary N) is 1. The Balaban J connectivity index is 2.02. The Kier molecular flexibility index (Phi) is 5.11. The molecule has 1 amide bonds. The third kappa shape index (κ3) is 3.96. The molecule has 0 spiro atoms. The molecule has 134 valence electrons. The molecule has 2 heterocycles. The quantitative estimate of drug-likeness (QED) is 0.712. The van der Waals surface area contributed by atoms with Gasteiger partial charge in [0.25, 0.3) is 0 Å². The molecule has 0 saturated carbocycles. The van der Waals surface area contributed by atoms with Crippen molar-refractivity contribution in [3.63, 3.8) is 0 Å². The van der Waals surface area contributed by atoms with Crippen LogP contribution in [0, 0.1) is 12.8 Å². The van der Waals surface area contributed by atoms with E-state index >= 15 is 0 Å². The maximum Gasteiger partial charge on any atom is 0.240 e. The summed E-state index contributed by atoms with van der Waals surface area (Å²) in [6.07, 6.45) is 5.87. The number of hydrogen-bond donors (Lipinski definition) is 2. The van der Waals surface area contributed by atoms with Crippen molar-refractivity contribution in [3.05, 3.63) is 48.4 Å². The van der Waals surface area contributed by atoms with E-state index in [2.05, 4.69) is 26.3 Å². The number of nitrogens with two attached hydrogens (primary N) is 1. The molecule has 0 fully saturated rings. The Labute approximate surface area is 152 Å². The predicted octanol–water partition coefficient (Wildman–Crippen LogP) is 3.31. The highest BCUT2D eigenvalue weighted by Crippen LogP contribution is 2.27. The van der Waals surface area contributed by atoms with Crippen molar-refractivity contribution in [2.45, 2.75) is 33.2 Å². The molecule has 0 saturated heterocycles. The summed E-state index contributed by atoms with van der Waals surface area (Å²) in [5.74, 6) is 0.311. The number of aryl methyl sites for hydroxylation is 1. The first-order valence-electron chi connectivity index (χ1n) is 8.67. The number of amides is 1. The lowest BCUT2D eigenvalue weighted by atomic mass is 10.0. The largest absolute Gasteiger partial charge is 0.368 e. The molecule has 3 aromatic rings. The minimum Gasteiger partial charge on any atom is -0.368 e. The van der Waals surface area contributed by atoms with Gasteiger partial charge in [0.1, 0.15) is 6.04 Å². The Morgan fingerprint density at radius 3 is 2.73 bits per heavy atom. The third-order valence-corrected chi connectivity index (χ3v) is 4.17. The summed E-state index contributed by atoms with van der Waals surface area (Å²) in [5.41, 5.74) is 9.44. The second-order valence-electron chi connectivity index (χ2n) is 6.92. The third-order valence-electron chi connectivity index (χ3n) is 4.17. The van der Waals surface area contributed by atoms with Gasteiger partial charge in [-0.3, -0.25) is 9.78 Å². The molecule has 0 bridgehead atoms. The zero-order valence-corrected chi connectivity index (χ0v) is 15.2. The zero-order valence-electron chi connectivity index (χ0n) is 15.2. The fraction of sp³-hybridized carbons (Fsp3) is 0.300. The number of pyridine rings is 1. The summed E-state index contributed by atoms with van der Waals surface area (Å²) < 4.78 is 0. The van der Waals surface area contributed by atoms with Crippen molar-refractivity contribution in [1.82, 2.24) is 15.0 Å². The first-order valence-corrected chi connectivity index (χ1v) is 8.67. The van der Waals surface area contributed by atoms with Crippen LogP contribution in [0.2, 0.25) is 0 Å². The van der Waals surface area contributed by atoms with Crippen molar-refractivity contribution in [2.75, 3.05) is 5.32 Å². The molecule has 6 heteroatoms. The monoisotopic (exact) mass is 349 g/mol. The number of primary amides is 1. The number of carbonyl (C=O) groups excluding carboxylic acids is 1. The number of anilines is 1. The van der Waals surface area contributed by atoms with Crippen LogP contribution in [0.3, 0.4) is 0 Å². The van der Waals surface area contributed by atoms with E-state index < -0.39 is 11.9 Å². The highest BCUT2D eigenvalue weighted by molar-refractivity contribution is 5.93. The van der Waals surface area contributed by atoms with Crippen LogP contribution in [0.1, 0.15) is 25.8 Å². The SMILES string of the molecule is Cc1cccc(-c2cncc3cnc(N[C@H](CC(C)C)C(N)=O)nc23)c1. The van der Waals surface area contributed by atoms with Gasteiger partial charge in [0.2, 0.25) is 11.9 Å². The predicted molar refractivity (Wildman–Crippen MR) is 104 cm³/mol. The van der Waals surface area contributed by atoms with Crippen LogP contribution < -0.4 is 11.1 Å². The Hall–Kier alpha value is -3.02. The van der Waals surface area contributed by atoms with E-state index in [-0.39, 0.29) is 0 Å². The van der Waals surface area contributed by atoms with E-state index in [4.69, 9.17) is 5.73 Å². The molecule has 1 aromatic carbocycles. The van der Waals surface area contributed by atoms with Crippen molar-refractivity contribution in [3.8, 4) is 11.1 Å². The molecule has 6 nitrogen and oxygen atoms in total. The smallest absolute Gasteiger partial charge is 0.240 e. The van der Waals surface area contributed by atoms with E-state index in [9.17, 15) is 4.79 Å². The number of rotatable bonds is 6. The van der Waals surface area contributed by atoms with Gasteiger partial charge in [-0.1, -0.05) is 43.7 Å². The number of fused-ring (bicyclic) bond motifs is 1. The van der Waals surface area contributed by atoms with Gasteiger partial charge in [-0.25, -0.2) is 9.97 Å². The van der Waals surface area contributed by atoms with Gasteiger partial charge in [0, 0.05) is 29.5 Å². The van der Waals surface area contributed by atoms with Gasteiger partial charge in [-0.05, 0) is 24.8 Å². The molecule has 26 heavy (non-hydrogen) atoms. The molecular weight excluding hydrogens is 326 g/mol. The average molecular weight is 349 g/mol. The number of hydrogen-bond acceptors (Lipinski definition) is 5. The van der Waals surface area contributed by atoms with Crippen LogP contribution in [0.5, 0.6) is 0 Å². The van der Waals surface area contributed by atoms with Crippen LogP contribution in [0.4, 0.5) is 5.95 Å². The lowest BCUT2D eigenvalue weighted by molar-refractivity contribution is -0.119. The fourth-order valence-corrected chi connectivity index (χ4v) is 2.92. The van der Waals surface area contributed by atoms with E-state index in [1.54, 1.807) is 18.6 Å². The van der Waals surface area contributed by atoms with Crippen molar-refractivity contribution >= 4 is 22.8 Å². The molecule has 0 aliphatic heterocycles. The molecule has 3 N–H and O–H groups in total. The van der Waals surface area contributed by atoms with Crippen molar-refractivity contribution < 1.29 is 4.79 Å². The lowest BCUT2D eigenvalue weighted by Gasteiger charge is -2.17.